The number of carbonyl (C=O) groups is 1. The molecule has 0 bridgehead atoms. The number of ether oxygens (including phenoxy) is 1. The van der Waals surface area contributed by atoms with Crippen molar-refractivity contribution in [3.8, 4) is 0 Å². The molecule has 3 heterocycles. The van der Waals surface area contributed by atoms with Gasteiger partial charge in [-0.25, -0.2) is 18.7 Å². The summed E-state index contributed by atoms with van der Waals surface area (Å²) in [4.78, 5) is 23.6. The average Bonchev–Trinajstić information content (AvgIpc) is 3.41. The second-order valence-electron chi connectivity index (χ2n) is 8.49. The molecule has 0 saturated carbocycles. The van der Waals surface area contributed by atoms with Crippen LogP contribution in [0.2, 0.25) is 0 Å². The molecule has 0 radical (unpaired) electrons. The first-order valence-electron chi connectivity index (χ1n) is 10.5. The number of nitrogens with two attached hydrogens (primary N) is 1. The molecular weight excluding hydrogens is 496 g/mol. The van der Waals surface area contributed by atoms with Crippen molar-refractivity contribution in [2.45, 2.75) is 31.6 Å². The van der Waals surface area contributed by atoms with Crippen molar-refractivity contribution in [3.05, 3.63) is 69.6 Å². The van der Waals surface area contributed by atoms with E-state index in [-0.39, 0.29) is 29.8 Å². The third kappa shape index (κ3) is 2.97. The Balaban J connectivity index is 1.48. The van der Waals surface area contributed by atoms with Crippen LogP contribution in [0.1, 0.15) is 34.5 Å². The Bertz CT molecular complexity index is 1470. The number of morpholine rings is 1. The van der Waals surface area contributed by atoms with Gasteiger partial charge < -0.3 is 15.4 Å². The van der Waals surface area contributed by atoms with E-state index in [1.165, 1.54) is 12.1 Å². The minimum atomic E-state index is -0.699. The van der Waals surface area contributed by atoms with Gasteiger partial charge >= 0.3 is 0 Å². The second-order valence-corrected chi connectivity index (χ2v) is 9.34. The van der Waals surface area contributed by atoms with Crippen molar-refractivity contribution in [1.82, 2.24) is 19.3 Å². The maximum atomic E-state index is 15.2. The summed E-state index contributed by atoms with van der Waals surface area (Å²) >= 11 is 3.23. The number of nitrogens with zero attached hydrogens (tertiary/aromatic N) is 4. The Hall–Kier alpha value is -3.11. The fourth-order valence-corrected chi connectivity index (χ4v) is 5.43. The summed E-state index contributed by atoms with van der Waals surface area (Å²) in [6.07, 6.45) is 2.77. The third-order valence-electron chi connectivity index (χ3n) is 6.46. The van der Waals surface area contributed by atoms with Gasteiger partial charge in [0.25, 0.3) is 5.91 Å². The number of aromatic nitrogens is 3. The standard InChI is InChI=1S/C23H18BrF2N5O2/c1-10-8-30(21-11-2-3-14(24)20(26)12(11)5-19(21)33-10)23(32)13-4-17-16(6-15(13)25)29-22(27)18-7-28-9-31(17)18/h2-4,6-7,9-10,19,21H,5,8H2,1H3,(H2,27,29)/t10-,19-,21+/m1/s1. The highest BCUT2D eigenvalue weighted by atomic mass is 79.9. The van der Waals surface area contributed by atoms with Gasteiger partial charge in [-0.2, -0.15) is 0 Å². The zero-order chi connectivity index (χ0) is 23.0. The summed E-state index contributed by atoms with van der Waals surface area (Å²) in [6.45, 7) is 2.11. The second kappa shape index (κ2) is 7.19. The molecule has 1 aliphatic carbocycles. The van der Waals surface area contributed by atoms with Gasteiger partial charge in [0, 0.05) is 19.0 Å². The monoisotopic (exact) mass is 513 g/mol. The minimum absolute atomic E-state index is 0.0945. The molecule has 7 nitrogen and oxygen atoms in total. The van der Waals surface area contributed by atoms with E-state index < -0.39 is 23.9 Å². The molecule has 4 aromatic rings. The van der Waals surface area contributed by atoms with Crippen molar-refractivity contribution < 1.29 is 18.3 Å². The van der Waals surface area contributed by atoms with E-state index in [2.05, 4.69) is 25.9 Å². The van der Waals surface area contributed by atoms with Crippen molar-refractivity contribution >= 4 is 44.2 Å². The quantitative estimate of drug-likeness (QED) is 0.415. The normalized spacial score (nSPS) is 22.1. The maximum Gasteiger partial charge on any atom is 0.257 e. The summed E-state index contributed by atoms with van der Waals surface area (Å²) in [5.41, 5.74) is 8.47. The molecule has 1 fully saturated rings. The van der Waals surface area contributed by atoms with Gasteiger partial charge in [0.05, 0.1) is 51.8 Å². The molecule has 10 heteroatoms. The predicted octanol–water partition coefficient (Wildman–Crippen LogP) is 4.03. The number of halogens is 3. The van der Waals surface area contributed by atoms with Crippen LogP contribution in [0, 0.1) is 11.6 Å². The highest BCUT2D eigenvalue weighted by Gasteiger charge is 2.46. The van der Waals surface area contributed by atoms with Crippen LogP contribution >= 0.6 is 15.9 Å². The Morgan fingerprint density at radius 3 is 2.91 bits per heavy atom. The topological polar surface area (TPSA) is 85.8 Å². The number of rotatable bonds is 1. The molecule has 0 spiro atoms. The molecule has 1 aliphatic heterocycles. The molecule has 2 aliphatic rings. The Morgan fingerprint density at radius 2 is 2.09 bits per heavy atom. The van der Waals surface area contributed by atoms with Gasteiger partial charge in [0.15, 0.2) is 0 Å². The van der Waals surface area contributed by atoms with Crippen molar-refractivity contribution in [1.29, 1.82) is 0 Å². The van der Waals surface area contributed by atoms with Gasteiger partial charge in [-0.05, 0) is 46.1 Å². The SMILES string of the molecule is C[C@@H]1CN(C(=O)c2cc3c(cc2F)nc(N)c2cncn23)[C@H]2c3ccc(Br)c(F)c3C[C@H]2O1. The van der Waals surface area contributed by atoms with Crippen LogP contribution in [-0.2, 0) is 11.2 Å². The number of imidazole rings is 1. The fraction of sp³-hybridized carbons (Fsp3) is 0.261. The predicted molar refractivity (Wildman–Crippen MR) is 121 cm³/mol. The number of carbonyl (C=O) groups excluding carboxylic acids is 1. The van der Waals surface area contributed by atoms with Gasteiger partial charge in [0.2, 0.25) is 0 Å². The third-order valence-corrected chi connectivity index (χ3v) is 7.07. The number of hydrogen-bond donors (Lipinski definition) is 1. The zero-order valence-corrected chi connectivity index (χ0v) is 19.0. The summed E-state index contributed by atoms with van der Waals surface area (Å²) in [7, 11) is 0. The molecular formula is C23H18BrF2N5O2. The fourth-order valence-electron chi connectivity index (χ4n) is 5.05. The Labute approximate surface area is 195 Å². The van der Waals surface area contributed by atoms with E-state index in [9.17, 15) is 9.18 Å². The number of amides is 1. The van der Waals surface area contributed by atoms with E-state index >= 15 is 4.39 Å². The van der Waals surface area contributed by atoms with Crippen LogP contribution in [0.5, 0.6) is 0 Å². The minimum Gasteiger partial charge on any atom is -0.382 e. The van der Waals surface area contributed by atoms with E-state index in [1.807, 2.05) is 6.92 Å². The lowest BCUT2D eigenvalue weighted by Gasteiger charge is -2.41. The lowest BCUT2D eigenvalue weighted by Crippen LogP contribution is -2.50. The average molecular weight is 514 g/mol. The maximum absolute atomic E-state index is 15.2. The highest BCUT2D eigenvalue weighted by molar-refractivity contribution is 9.10. The van der Waals surface area contributed by atoms with E-state index in [0.717, 1.165) is 0 Å². The molecule has 0 unspecified atom stereocenters. The van der Waals surface area contributed by atoms with Gasteiger partial charge in [-0.15, -0.1) is 0 Å². The highest BCUT2D eigenvalue weighted by Crippen LogP contribution is 2.44. The molecule has 3 atom stereocenters. The largest absolute Gasteiger partial charge is 0.382 e. The molecule has 33 heavy (non-hydrogen) atoms. The number of hydrogen-bond acceptors (Lipinski definition) is 5. The van der Waals surface area contributed by atoms with Crippen molar-refractivity contribution in [3.63, 3.8) is 0 Å². The van der Waals surface area contributed by atoms with Crippen LogP contribution in [0.15, 0.2) is 41.3 Å². The van der Waals surface area contributed by atoms with Crippen LogP contribution in [0.4, 0.5) is 14.6 Å². The van der Waals surface area contributed by atoms with Gasteiger partial charge in [-0.1, -0.05) is 6.07 Å². The van der Waals surface area contributed by atoms with Crippen LogP contribution in [0.25, 0.3) is 16.6 Å². The zero-order valence-electron chi connectivity index (χ0n) is 17.4. The molecule has 1 amide bonds. The Kier molecular flexibility index (Phi) is 4.47. The van der Waals surface area contributed by atoms with Crippen LogP contribution in [-0.4, -0.2) is 43.9 Å². The summed E-state index contributed by atoms with van der Waals surface area (Å²) in [5.74, 6) is -1.32. The first-order chi connectivity index (χ1) is 15.8. The summed E-state index contributed by atoms with van der Waals surface area (Å²) in [6, 6.07) is 5.60. The van der Waals surface area contributed by atoms with Gasteiger partial charge in [-0.3, -0.25) is 9.20 Å². The molecule has 2 N–H and O–H groups in total. The molecule has 2 aromatic heterocycles. The number of benzene rings is 2. The van der Waals surface area contributed by atoms with Crippen LogP contribution in [0.3, 0.4) is 0 Å². The first kappa shape index (κ1) is 20.5. The molecule has 2 aromatic carbocycles. The van der Waals surface area contributed by atoms with E-state index in [4.69, 9.17) is 10.5 Å². The van der Waals surface area contributed by atoms with Gasteiger partial charge in [0.1, 0.15) is 23.0 Å². The van der Waals surface area contributed by atoms with E-state index in [1.54, 1.807) is 34.0 Å². The number of fused-ring (bicyclic) bond motifs is 6. The van der Waals surface area contributed by atoms with Crippen molar-refractivity contribution in [2.24, 2.45) is 0 Å². The lowest BCUT2D eigenvalue weighted by atomic mass is 10.0. The summed E-state index contributed by atoms with van der Waals surface area (Å²) in [5, 5.41) is 0. The summed E-state index contributed by atoms with van der Waals surface area (Å²) < 4.78 is 38.1. The van der Waals surface area contributed by atoms with Crippen molar-refractivity contribution in [2.75, 3.05) is 12.3 Å². The smallest absolute Gasteiger partial charge is 0.257 e. The van der Waals surface area contributed by atoms with E-state index in [0.29, 0.717) is 38.6 Å². The molecule has 1 saturated heterocycles. The Morgan fingerprint density at radius 1 is 1.27 bits per heavy atom. The number of nitrogen functional groups attached to an aromatic ring is 1. The van der Waals surface area contributed by atoms with Crippen LogP contribution < -0.4 is 5.73 Å². The molecule has 6 rings (SSSR count). The first-order valence-corrected chi connectivity index (χ1v) is 11.3. The lowest BCUT2D eigenvalue weighted by molar-refractivity contribution is -0.0938. The molecule has 168 valence electrons. The number of anilines is 1.